The third-order valence-electron chi connectivity index (χ3n) is 2.60. The summed E-state index contributed by atoms with van der Waals surface area (Å²) in [5.74, 6) is 0. The molecule has 3 heteroatoms. The van der Waals surface area contributed by atoms with E-state index in [4.69, 9.17) is 5.73 Å². The molecule has 0 aromatic carbocycles. The van der Waals surface area contributed by atoms with Crippen molar-refractivity contribution in [2.24, 2.45) is 5.73 Å². The number of nitrogens with one attached hydrogen (secondary N) is 1. The standard InChI is InChI=1S/C14H24N2S/c1-10(2)9-16-11(8-15)12-6-7-13(17-12)14(3,4)5/h6-7,11,16H,1,8-9,15H2,2-5H3. The molecule has 1 heterocycles. The van der Waals surface area contributed by atoms with Gasteiger partial charge in [0.25, 0.3) is 0 Å². The van der Waals surface area contributed by atoms with E-state index in [9.17, 15) is 0 Å². The van der Waals surface area contributed by atoms with E-state index in [-0.39, 0.29) is 11.5 Å². The average Bonchev–Trinajstić information content (AvgIpc) is 2.67. The van der Waals surface area contributed by atoms with Crippen LogP contribution in [0.5, 0.6) is 0 Å². The highest BCUT2D eigenvalue weighted by atomic mass is 32.1. The molecule has 1 rings (SSSR count). The summed E-state index contributed by atoms with van der Waals surface area (Å²) in [5, 5.41) is 3.44. The molecule has 0 saturated heterocycles. The van der Waals surface area contributed by atoms with E-state index >= 15 is 0 Å². The molecule has 17 heavy (non-hydrogen) atoms. The predicted octanol–water partition coefficient (Wildman–Crippen LogP) is 3.21. The van der Waals surface area contributed by atoms with E-state index in [0.29, 0.717) is 6.54 Å². The van der Waals surface area contributed by atoms with Crippen molar-refractivity contribution in [3.8, 4) is 0 Å². The van der Waals surface area contributed by atoms with E-state index in [1.165, 1.54) is 9.75 Å². The van der Waals surface area contributed by atoms with Crippen LogP contribution < -0.4 is 11.1 Å². The van der Waals surface area contributed by atoms with Crippen LogP contribution in [0, 0.1) is 0 Å². The molecule has 0 aliphatic rings. The monoisotopic (exact) mass is 252 g/mol. The van der Waals surface area contributed by atoms with Crippen LogP contribution in [0.4, 0.5) is 0 Å². The van der Waals surface area contributed by atoms with Gasteiger partial charge in [0.1, 0.15) is 0 Å². The molecule has 0 fully saturated rings. The molecule has 0 bridgehead atoms. The maximum absolute atomic E-state index is 5.82. The normalized spacial score (nSPS) is 13.7. The van der Waals surface area contributed by atoms with E-state index in [1.807, 2.05) is 18.3 Å². The molecule has 3 N–H and O–H groups in total. The molecule has 0 spiro atoms. The molecule has 0 aliphatic heterocycles. The summed E-state index contributed by atoms with van der Waals surface area (Å²) in [6, 6.07) is 4.65. The fourth-order valence-electron chi connectivity index (χ4n) is 1.54. The largest absolute Gasteiger partial charge is 0.329 e. The number of rotatable bonds is 5. The van der Waals surface area contributed by atoms with Crippen LogP contribution in [0.2, 0.25) is 0 Å². The molecular formula is C14H24N2S. The maximum Gasteiger partial charge on any atom is 0.0541 e. The van der Waals surface area contributed by atoms with Gasteiger partial charge in [-0.2, -0.15) is 0 Å². The smallest absolute Gasteiger partial charge is 0.0541 e. The van der Waals surface area contributed by atoms with Gasteiger partial charge in [-0.1, -0.05) is 32.9 Å². The lowest BCUT2D eigenvalue weighted by Crippen LogP contribution is -2.28. The first-order valence-corrected chi connectivity index (χ1v) is 6.84. The Balaban J connectivity index is 2.76. The summed E-state index contributed by atoms with van der Waals surface area (Å²) in [5.41, 5.74) is 7.18. The highest BCUT2D eigenvalue weighted by Gasteiger charge is 2.18. The van der Waals surface area contributed by atoms with Crippen molar-refractivity contribution < 1.29 is 0 Å². The first-order valence-electron chi connectivity index (χ1n) is 6.02. The molecule has 1 atom stereocenters. The van der Waals surface area contributed by atoms with Gasteiger partial charge in [0.15, 0.2) is 0 Å². The van der Waals surface area contributed by atoms with Crippen LogP contribution in [-0.4, -0.2) is 13.1 Å². The second-order valence-electron chi connectivity index (χ2n) is 5.58. The van der Waals surface area contributed by atoms with Crippen molar-refractivity contribution in [1.29, 1.82) is 0 Å². The molecular weight excluding hydrogens is 228 g/mol. The molecule has 2 nitrogen and oxygen atoms in total. The van der Waals surface area contributed by atoms with Crippen molar-refractivity contribution in [2.45, 2.75) is 39.2 Å². The minimum Gasteiger partial charge on any atom is -0.329 e. The zero-order valence-corrected chi connectivity index (χ0v) is 12.2. The minimum atomic E-state index is 0.219. The average molecular weight is 252 g/mol. The Hall–Kier alpha value is -0.640. The van der Waals surface area contributed by atoms with E-state index in [0.717, 1.165) is 12.1 Å². The lowest BCUT2D eigenvalue weighted by atomic mass is 9.95. The van der Waals surface area contributed by atoms with Gasteiger partial charge >= 0.3 is 0 Å². The molecule has 1 aromatic heterocycles. The molecule has 0 saturated carbocycles. The number of nitrogens with two attached hydrogens (primary N) is 1. The molecule has 96 valence electrons. The zero-order valence-electron chi connectivity index (χ0n) is 11.3. The highest BCUT2D eigenvalue weighted by Crippen LogP contribution is 2.32. The van der Waals surface area contributed by atoms with E-state index in [2.05, 4.69) is 44.8 Å². The Morgan fingerprint density at radius 2 is 2.12 bits per heavy atom. The number of hydrogen-bond donors (Lipinski definition) is 2. The van der Waals surface area contributed by atoms with Gasteiger partial charge in [-0.15, -0.1) is 11.3 Å². The summed E-state index contributed by atoms with van der Waals surface area (Å²) < 4.78 is 0. The summed E-state index contributed by atoms with van der Waals surface area (Å²) in [6.45, 7) is 14.1. The Kier molecular flexibility index (Phi) is 4.92. The van der Waals surface area contributed by atoms with Crippen LogP contribution in [-0.2, 0) is 5.41 Å². The Bertz CT molecular complexity index is 374. The van der Waals surface area contributed by atoms with Crippen molar-refractivity contribution in [3.05, 3.63) is 34.0 Å². The van der Waals surface area contributed by atoms with Gasteiger partial charge in [0.2, 0.25) is 0 Å². The summed E-state index contributed by atoms with van der Waals surface area (Å²) in [6.07, 6.45) is 0. The van der Waals surface area contributed by atoms with Gasteiger partial charge < -0.3 is 11.1 Å². The SMILES string of the molecule is C=C(C)CNC(CN)c1ccc(C(C)(C)C)s1. The topological polar surface area (TPSA) is 38.0 Å². The number of thiophene rings is 1. The van der Waals surface area contributed by atoms with Crippen molar-refractivity contribution in [3.63, 3.8) is 0 Å². The summed E-state index contributed by atoms with van der Waals surface area (Å²) >= 11 is 1.85. The second kappa shape index (κ2) is 5.80. The summed E-state index contributed by atoms with van der Waals surface area (Å²) in [4.78, 5) is 2.72. The van der Waals surface area contributed by atoms with Crippen LogP contribution in [0.15, 0.2) is 24.3 Å². The van der Waals surface area contributed by atoms with Gasteiger partial charge in [0.05, 0.1) is 6.04 Å². The third-order valence-corrected chi connectivity index (χ3v) is 4.22. The molecule has 0 amide bonds. The number of hydrogen-bond acceptors (Lipinski definition) is 3. The van der Waals surface area contributed by atoms with Crippen LogP contribution >= 0.6 is 11.3 Å². The predicted molar refractivity (Wildman–Crippen MR) is 77.6 cm³/mol. The maximum atomic E-state index is 5.82. The zero-order chi connectivity index (χ0) is 13.1. The molecule has 0 radical (unpaired) electrons. The summed E-state index contributed by atoms with van der Waals surface area (Å²) in [7, 11) is 0. The second-order valence-corrected chi connectivity index (χ2v) is 6.69. The Labute approximate surface area is 109 Å². The van der Waals surface area contributed by atoms with Crippen LogP contribution in [0.25, 0.3) is 0 Å². The fourth-order valence-corrected chi connectivity index (χ4v) is 2.69. The van der Waals surface area contributed by atoms with Crippen molar-refractivity contribution >= 4 is 11.3 Å². The van der Waals surface area contributed by atoms with Crippen LogP contribution in [0.3, 0.4) is 0 Å². The fraction of sp³-hybridized carbons (Fsp3) is 0.571. The first-order chi connectivity index (χ1) is 7.84. The van der Waals surface area contributed by atoms with Crippen molar-refractivity contribution in [2.75, 3.05) is 13.1 Å². The third kappa shape index (κ3) is 4.26. The van der Waals surface area contributed by atoms with Gasteiger partial charge in [-0.3, -0.25) is 0 Å². The van der Waals surface area contributed by atoms with E-state index in [1.54, 1.807) is 0 Å². The highest BCUT2D eigenvalue weighted by molar-refractivity contribution is 7.12. The Morgan fingerprint density at radius 3 is 2.53 bits per heavy atom. The molecule has 0 aliphatic carbocycles. The van der Waals surface area contributed by atoms with Gasteiger partial charge in [-0.25, -0.2) is 0 Å². The Morgan fingerprint density at radius 1 is 1.47 bits per heavy atom. The first kappa shape index (κ1) is 14.4. The lowest BCUT2D eigenvalue weighted by Gasteiger charge is -2.17. The lowest BCUT2D eigenvalue weighted by molar-refractivity contribution is 0.578. The van der Waals surface area contributed by atoms with Gasteiger partial charge in [0, 0.05) is 22.8 Å². The minimum absolute atomic E-state index is 0.219. The molecule has 1 aromatic rings. The molecule has 1 unspecified atom stereocenters. The van der Waals surface area contributed by atoms with Crippen molar-refractivity contribution in [1.82, 2.24) is 5.32 Å². The van der Waals surface area contributed by atoms with Gasteiger partial charge in [-0.05, 0) is 24.5 Å². The van der Waals surface area contributed by atoms with Crippen LogP contribution in [0.1, 0.15) is 43.5 Å². The van der Waals surface area contributed by atoms with E-state index < -0.39 is 0 Å². The quantitative estimate of drug-likeness (QED) is 0.790.